The fourth-order valence-electron chi connectivity index (χ4n) is 4.49. The van der Waals surface area contributed by atoms with E-state index in [0.717, 1.165) is 56.1 Å². The number of nitrogens with one attached hydrogen (secondary N) is 1. The number of benzene rings is 2. The molecule has 0 bridgehead atoms. The number of anilines is 1. The van der Waals surface area contributed by atoms with Crippen LogP contribution in [0, 0.1) is 0 Å². The van der Waals surface area contributed by atoms with Crippen LogP contribution < -0.4 is 14.2 Å². The molecule has 4 rings (SSSR count). The van der Waals surface area contributed by atoms with Crippen LogP contribution in [0.15, 0.2) is 40.1 Å². The van der Waals surface area contributed by atoms with Crippen LogP contribution in [-0.4, -0.2) is 48.4 Å². The number of rotatable bonds is 7. The van der Waals surface area contributed by atoms with Crippen molar-refractivity contribution in [2.24, 2.45) is 0 Å². The van der Waals surface area contributed by atoms with Gasteiger partial charge in [0.15, 0.2) is 0 Å². The molecule has 2 aliphatic rings. The van der Waals surface area contributed by atoms with Gasteiger partial charge in [-0.15, -0.1) is 0 Å². The molecular formula is C23H30N2O6S2. The summed E-state index contributed by atoms with van der Waals surface area (Å²) in [5, 5.41) is 0. The smallest absolute Gasteiger partial charge is 0.265 e. The summed E-state index contributed by atoms with van der Waals surface area (Å²) in [6, 6.07) is 7.69. The minimum atomic E-state index is -4.07. The molecule has 10 heteroatoms. The molecule has 1 N–H and O–H groups in total. The number of hydrogen-bond acceptors (Lipinski definition) is 6. The molecule has 0 unspecified atom stereocenters. The molecule has 2 aromatic rings. The van der Waals surface area contributed by atoms with Crippen molar-refractivity contribution in [2.45, 2.75) is 54.7 Å². The second kappa shape index (κ2) is 9.52. The zero-order valence-corrected chi connectivity index (χ0v) is 20.6. The Morgan fingerprint density at radius 2 is 1.42 bits per heavy atom. The molecule has 2 aromatic carbocycles. The summed E-state index contributed by atoms with van der Waals surface area (Å²) in [5.41, 5.74) is 2.16. The molecule has 1 fully saturated rings. The van der Waals surface area contributed by atoms with Gasteiger partial charge in [-0.3, -0.25) is 4.72 Å². The van der Waals surface area contributed by atoms with Crippen molar-refractivity contribution in [3.63, 3.8) is 0 Å². The summed E-state index contributed by atoms with van der Waals surface area (Å²) in [5.74, 6) is 0.493. The third-order valence-corrected chi connectivity index (χ3v) is 9.57. The van der Waals surface area contributed by atoms with Gasteiger partial charge in [0.25, 0.3) is 10.0 Å². The molecular weight excluding hydrogens is 464 g/mol. The maximum absolute atomic E-state index is 13.4. The van der Waals surface area contributed by atoms with Crippen LogP contribution in [-0.2, 0) is 32.9 Å². The lowest BCUT2D eigenvalue weighted by Crippen LogP contribution is -2.35. The van der Waals surface area contributed by atoms with Crippen LogP contribution in [0.4, 0.5) is 5.69 Å². The van der Waals surface area contributed by atoms with E-state index in [1.807, 2.05) is 0 Å². The first-order valence-electron chi connectivity index (χ1n) is 11.2. The Morgan fingerprint density at radius 3 is 2.06 bits per heavy atom. The van der Waals surface area contributed by atoms with E-state index >= 15 is 0 Å². The quantitative estimate of drug-likeness (QED) is 0.632. The minimum Gasteiger partial charge on any atom is -0.495 e. The topological polar surface area (TPSA) is 102 Å². The summed E-state index contributed by atoms with van der Waals surface area (Å²) in [7, 11) is -4.96. The number of aryl methyl sites for hydroxylation is 2. The van der Waals surface area contributed by atoms with E-state index in [4.69, 9.17) is 9.47 Å². The van der Waals surface area contributed by atoms with Gasteiger partial charge < -0.3 is 9.47 Å². The van der Waals surface area contributed by atoms with Crippen molar-refractivity contribution in [1.82, 2.24) is 4.31 Å². The first kappa shape index (κ1) is 23.8. The zero-order chi connectivity index (χ0) is 23.6. The van der Waals surface area contributed by atoms with Crippen LogP contribution in [0.25, 0.3) is 0 Å². The van der Waals surface area contributed by atoms with Crippen LogP contribution in [0.3, 0.4) is 0 Å². The third kappa shape index (κ3) is 4.83. The van der Waals surface area contributed by atoms with E-state index in [0.29, 0.717) is 13.1 Å². The first-order valence-corrected chi connectivity index (χ1v) is 14.1. The number of nitrogens with zero attached hydrogens (tertiary/aromatic N) is 1. The van der Waals surface area contributed by atoms with Gasteiger partial charge >= 0.3 is 0 Å². The third-order valence-electron chi connectivity index (χ3n) is 6.29. The Balaban J connectivity index is 1.71. The Bertz CT molecular complexity index is 1240. The highest BCUT2D eigenvalue weighted by atomic mass is 32.2. The lowest BCUT2D eigenvalue weighted by atomic mass is 9.92. The predicted molar refractivity (Wildman–Crippen MR) is 126 cm³/mol. The lowest BCUT2D eigenvalue weighted by Gasteiger charge is -2.26. The Hall–Kier alpha value is -2.30. The average Bonchev–Trinajstić information content (AvgIpc) is 2.83. The van der Waals surface area contributed by atoms with Crippen molar-refractivity contribution >= 4 is 25.7 Å². The highest BCUT2D eigenvalue weighted by Gasteiger charge is 2.29. The van der Waals surface area contributed by atoms with E-state index < -0.39 is 20.0 Å². The van der Waals surface area contributed by atoms with Crippen molar-refractivity contribution in [2.75, 3.05) is 32.0 Å². The molecule has 1 heterocycles. The van der Waals surface area contributed by atoms with Crippen LogP contribution in [0.1, 0.15) is 43.2 Å². The SMILES string of the molecule is COc1ccc(S(=O)(=O)N2CCCCC2)cc1NS(=O)(=O)c1cc2c(cc1OC)CCCC2. The van der Waals surface area contributed by atoms with Crippen LogP contribution >= 0.6 is 0 Å². The monoisotopic (exact) mass is 494 g/mol. The highest BCUT2D eigenvalue weighted by molar-refractivity contribution is 7.93. The first-order chi connectivity index (χ1) is 15.8. The van der Waals surface area contributed by atoms with E-state index in [2.05, 4.69) is 4.72 Å². The van der Waals surface area contributed by atoms with Crippen molar-refractivity contribution in [3.05, 3.63) is 41.5 Å². The van der Waals surface area contributed by atoms with Gasteiger partial charge in [-0.1, -0.05) is 6.42 Å². The standard InChI is InChI=1S/C23H30N2O6S2/c1-30-21-11-10-19(33(28,29)25-12-6-3-7-13-25)16-20(21)24-32(26,27)23-15-18-9-5-4-8-17(18)14-22(23)31-2/h10-11,14-16,24H,3-9,12-13H2,1-2H3. The number of ether oxygens (including phenoxy) is 2. The van der Waals surface area contributed by atoms with Gasteiger partial charge in [-0.25, -0.2) is 16.8 Å². The molecule has 1 aliphatic carbocycles. The molecule has 0 spiro atoms. The Labute approximate surface area is 196 Å². The van der Waals surface area contributed by atoms with Crippen molar-refractivity contribution in [1.29, 1.82) is 0 Å². The van der Waals surface area contributed by atoms with Gasteiger partial charge in [0, 0.05) is 13.1 Å². The zero-order valence-electron chi connectivity index (χ0n) is 19.0. The number of sulfonamides is 2. The van der Waals surface area contributed by atoms with Crippen LogP contribution in [0.5, 0.6) is 11.5 Å². The second-order valence-corrected chi connectivity index (χ2v) is 12.0. The maximum atomic E-state index is 13.4. The van der Waals surface area contributed by atoms with Crippen molar-refractivity contribution < 1.29 is 26.3 Å². The minimum absolute atomic E-state index is 0.0250. The molecule has 0 saturated carbocycles. The largest absolute Gasteiger partial charge is 0.495 e. The normalized spacial score (nSPS) is 17.3. The lowest BCUT2D eigenvalue weighted by molar-refractivity contribution is 0.346. The van der Waals surface area contributed by atoms with E-state index in [-0.39, 0.29) is 27.0 Å². The molecule has 0 radical (unpaired) electrons. The van der Waals surface area contributed by atoms with E-state index in [9.17, 15) is 16.8 Å². The number of fused-ring (bicyclic) bond motifs is 1. The number of hydrogen-bond donors (Lipinski definition) is 1. The van der Waals surface area contributed by atoms with E-state index in [1.165, 1.54) is 36.7 Å². The summed E-state index contributed by atoms with van der Waals surface area (Å²) < 4.78 is 67.7. The molecule has 33 heavy (non-hydrogen) atoms. The van der Waals surface area contributed by atoms with E-state index in [1.54, 1.807) is 12.1 Å². The van der Waals surface area contributed by atoms with Gasteiger partial charge in [0.05, 0.1) is 24.8 Å². The molecule has 180 valence electrons. The molecule has 1 saturated heterocycles. The van der Waals surface area contributed by atoms with Gasteiger partial charge in [0.2, 0.25) is 10.0 Å². The molecule has 0 atom stereocenters. The predicted octanol–water partition coefficient (Wildman–Crippen LogP) is 3.56. The van der Waals surface area contributed by atoms with Crippen molar-refractivity contribution in [3.8, 4) is 11.5 Å². The highest BCUT2D eigenvalue weighted by Crippen LogP contribution is 2.36. The van der Waals surface area contributed by atoms with Gasteiger partial charge in [0.1, 0.15) is 16.4 Å². The van der Waals surface area contributed by atoms with Gasteiger partial charge in [-0.2, -0.15) is 4.31 Å². The summed E-state index contributed by atoms with van der Waals surface area (Å²) in [6.07, 6.45) is 6.41. The van der Waals surface area contributed by atoms with Crippen LogP contribution in [0.2, 0.25) is 0 Å². The average molecular weight is 495 g/mol. The summed E-state index contributed by atoms with van der Waals surface area (Å²) >= 11 is 0. The fourth-order valence-corrected chi connectivity index (χ4v) is 7.30. The molecule has 0 amide bonds. The van der Waals surface area contributed by atoms with Gasteiger partial charge in [-0.05, 0) is 80.0 Å². The maximum Gasteiger partial charge on any atom is 0.265 e. The summed E-state index contributed by atoms with van der Waals surface area (Å²) in [4.78, 5) is 0.0531. The summed E-state index contributed by atoms with van der Waals surface area (Å²) in [6.45, 7) is 0.920. The Kier molecular flexibility index (Phi) is 6.88. The second-order valence-electron chi connectivity index (χ2n) is 8.41. The number of piperidine rings is 1. The Morgan fingerprint density at radius 1 is 0.788 bits per heavy atom. The molecule has 0 aromatic heterocycles. The molecule has 1 aliphatic heterocycles. The molecule has 8 nitrogen and oxygen atoms in total. The number of methoxy groups -OCH3 is 2. The fraction of sp³-hybridized carbons (Fsp3) is 0.478.